The molecule has 0 atom stereocenters. The van der Waals surface area contributed by atoms with E-state index in [4.69, 9.17) is 4.74 Å². The second-order valence-corrected chi connectivity index (χ2v) is 7.62. The topological polar surface area (TPSA) is 79.4 Å². The van der Waals surface area contributed by atoms with Crippen molar-refractivity contribution in [2.24, 2.45) is 5.10 Å². The van der Waals surface area contributed by atoms with Crippen molar-refractivity contribution in [3.63, 3.8) is 0 Å². The Morgan fingerprint density at radius 2 is 1.90 bits per heavy atom. The van der Waals surface area contributed by atoms with Crippen molar-refractivity contribution >= 4 is 38.3 Å². The fourth-order valence-electron chi connectivity index (χ4n) is 3.13. The van der Waals surface area contributed by atoms with Crippen molar-refractivity contribution in [3.8, 4) is 17.0 Å². The van der Waals surface area contributed by atoms with Gasteiger partial charge >= 0.3 is 0 Å². The Labute approximate surface area is 182 Å². The minimum Gasteiger partial charge on any atom is -0.497 e. The quantitative estimate of drug-likeness (QED) is 0.317. The standard InChI is InChI=1S/C23H19BrN4O2/c1-14(15-6-9-17(24)10-7-15)25-28-23(29)22-13-21(26-27-22)19-5-3-4-16-8-11-18(30-2)12-20(16)19/h3-13H,1-2H3,(H,26,27)(H,28,29). The molecule has 0 saturated heterocycles. The van der Waals surface area contributed by atoms with Crippen molar-refractivity contribution in [2.45, 2.75) is 6.92 Å². The van der Waals surface area contributed by atoms with Gasteiger partial charge in [0.25, 0.3) is 5.91 Å². The van der Waals surface area contributed by atoms with Gasteiger partial charge in [0, 0.05) is 10.0 Å². The number of ether oxygens (including phenoxy) is 1. The van der Waals surface area contributed by atoms with Gasteiger partial charge in [-0.1, -0.05) is 52.3 Å². The van der Waals surface area contributed by atoms with E-state index < -0.39 is 0 Å². The van der Waals surface area contributed by atoms with Crippen LogP contribution in [-0.2, 0) is 0 Å². The van der Waals surface area contributed by atoms with Gasteiger partial charge in [-0.15, -0.1) is 0 Å². The van der Waals surface area contributed by atoms with E-state index in [0.29, 0.717) is 17.1 Å². The Balaban J connectivity index is 1.57. The fourth-order valence-corrected chi connectivity index (χ4v) is 3.39. The minimum absolute atomic E-state index is 0.331. The summed E-state index contributed by atoms with van der Waals surface area (Å²) in [6, 6.07) is 21.3. The highest BCUT2D eigenvalue weighted by molar-refractivity contribution is 9.10. The molecular formula is C23H19BrN4O2. The van der Waals surface area contributed by atoms with Crippen molar-refractivity contribution in [1.82, 2.24) is 15.6 Å². The lowest BCUT2D eigenvalue weighted by Crippen LogP contribution is -2.19. The van der Waals surface area contributed by atoms with E-state index in [1.807, 2.05) is 67.6 Å². The second-order valence-electron chi connectivity index (χ2n) is 6.70. The first-order valence-corrected chi connectivity index (χ1v) is 10.1. The predicted molar refractivity (Wildman–Crippen MR) is 122 cm³/mol. The number of aromatic nitrogens is 2. The summed E-state index contributed by atoms with van der Waals surface area (Å²) in [5.74, 6) is 0.407. The van der Waals surface area contributed by atoms with Gasteiger partial charge in [-0.05, 0) is 53.6 Å². The number of carbonyl (C=O) groups is 1. The molecule has 0 aliphatic rings. The van der Waals surface area contributed by atoms with E-state index in [1.54, 1.807) is 13.2 Å². The number of methoxy groups -OCH3 is 1. The smallest absolute Gasteiger partial charge is 0.289 e. The molecule has 1 amide bonds. The largest absolute Gasteiger partial charge is 0.497 e. The Morgan fingerprint density at radius 1 is 1.10 bits per heavy atom. The molecule has 1 aromatic heterocycles. The average Bonchev–Trinajstić information content (AvgIpc) is 3.27. The first-order valence-electron chi connectivity index (χ1n) is 9.28. The van der Waals surface area contributed by atoms with Crippen LogP contribution in [0, 0.1) is 0 Å². The molecule has 0 saturated carbocycles. The molecule has 0 fully saturated rings. The van der Waals surface area contributed by atoms with Crippen LogP contribution in [0.3, 0.4) is 0 Å². The Kier molecular flexibility index (Phi) is 5.63. The van der Waals surface area contributed by atoms with Crippen molar-refractivity contribution in [2.75, 3.05) is 7.11 Å². The number of nitrogens with zero attached hydrogens (tertiary/aromatic N) is 2. The first kappa shape index (κ1) is 19.8. The van der Waals surface area contributed by atoms with Gasteiger partial charge in [0.15, 0.2) is 0 Å². The lowest BCUT2D eigenvalue weighted by Gasteiger charge is -2.06. The third-order valence-electron chi connectivity index (χ3n) is 4.77. The maximum Gasteiger partial charge on any atom is 0.289 e. The number of hydrazone groups is 1. The lowest BCUT2D eigenvalue weighted by molar-refractivity contribution is 0.0950. The molecule has 3 aromatic carbocycles. The SMILES string of the molecule is COc1ccc2cccc(-c3cc(C(=O)NN=C(C)c4ccc(Br)cc4)[nH]n3)c2c1. The van der Waals surface area contributed by atoms with Crippen LogP contribution in [0.1, 0.15) is 23.0 Å². The van der Waals surface area contributed by atoms with E-state index >= 15 is 0 Å². The molecule has 2 N–H and O–H groups in total. The number of hydrogen-bond donors (Lipinski definition) is 2. The number of amides is 1. The molecule has 7 heteroatoms. The van der Waals surface area contributed by atoms with Crippen LogP contribution in [0.5, 0.6) is 5.75 Å². The van der Waals surface area contributed by atoms with Crippen LogP contribution in [0.15, 0.2) is 76.3 Å². The van der Waals surface area contributed by atoms with Gasteiger partial charge in [-0.25, -0.2) is 5.43 Å². The molecule has 1 heterocycles. The summed E-state index contributed by atoms with van der Waals surface area (Å²) in [6.07, 6.45) is 0. The summed E-state index contributed by atoms with van der Waals surface area (Å²) in [5, 5.41) is 13.4. The molecule has 4 rings (SSSR count). The highest BCUT2D eigenvalue weighted by Gasteiger charge is 2.13. The zero-order chi connectivity index (χ0) is 21.1. The van der Waals surface area contributed by atoms with Gasteiger partial charge in [-0.2, -0.15) is 10.2 Å². The number of hydrogen-bond acceptors (Lipinski definition) is 4. The molecule has 0 aliphatic heterocycles. The Morgan fingerprint density at radius 3 is 2.67 bits per heavy atom. The van der Waals surface area contributed by atoms with Crippen LogP contribution in [-0.4, -0.2) is 28.9 Å². The molecule has 0 radical (unpaired) electrons. The highest BCUT2D eigenvalue weighted by atomic mass is 79.9. The summed E-state index contributed by atoms with van der Waals surface area (Å²) < 4.78 is 6.33. The first-order chi connectivity index (χ1) is 14.5. The third-order valence-corrected chi connectivity index (χ3v) is 5.30. The minimum atomic E-state index is -0.358. The average molecular weight is 463 g/mol. The number of fused-ring (bicyclic) bond motifs is 1. The highest BCUT2D eigenvalue weighted by Crippen LogP contribution is 2.30. The number of aromatic amines is 1. The monoisotopic (exact) mass is 462 g/mol. The number of rotatable bonds is 5. The molecule has 6 nitrogen and oxygen atoms in total. The van der Waals surface area contributed by atoms with Crippen LogP contribution >= 0.6 is 15.9 Å². The summed E-state index contributed by atoms with van der Waals surface area (Å²) in [4.78, 5) is 12.5. The van der Waals surface area contributed by atoms with Crippen molar-refractivity contribution < 1.29 is 9.53 Å². The van der Waals surface area contributed by atoms with Crippen LogP contribution in [0.4, 0.5) is 0 Å². The van der Waals surface area contributed by atoms with Gasteiger partial charge in [0.1, 0.15) is 11.4 Å². The molecule has 30 heavy (non-hydrogen) atoms. The summed E-state index contributed by atoms with van der Waals surface area (Å²) in [5.41, 5.74) is 6.13. The molecule has 150 valence electrons. The van der Waals surface area contributed by atoms with Gasteiger partial charge in [0.2, 0.25) is 0 Å². The van der Waals surface area contributed by atoms with E-state index in [1.165, 1.54) is 0 Å². The maximum atomic E-state index is 12.5. The molecule has 0 aliphatic carbocycles. The second kappa shape index (κ2) is 8.51. The lowest BCUT2D eigenvalue weighted by atomic mass is 10.0. The summed E-state index contributed by atoms with van der Waals surface area (Å²) in [7, 11) is 1.64. The van der Waals surface area contributed by atoms with E-state index in [2.05, 4.69) is 36.7 Å². The maximum absolute atomic E-state index is 12.5. The number of carbonyl (C=O) groups excluding carboxylic acids is 1. The molecule has 4 aromatic rings. The van der Waals surface area contributed by atoms with Crippen molar-refractivity contribution in [1.29, 1.82) is 0 Å². The fraction of sp³-hybridized carbons (Fsp3) is 0.0870. The third kappa shape index (κ3) is 4.11. The molecule has 0 bridgehead atoms. The van der Waals surface area contributed by atoms with Crippen LogP contribution < -0.4 is 10.2 Å². The zero-order valence-corrected chi connectivity index (χ0v) is 18.0. The van der Waals surface area contributed by atoms with Gasteiger partial charge in [0.05, 0.1) is 18.5 Å². The van der Waals surface area contributed by atoms with Crippen LogP contribution in [0.25, 0.3) is 22.0 Å². The zero-order valence-electron chi connectivity index (χ0n) is 16.4. The normalized spacial score (nSPS) is 11.5. The van der Waals surface area contributed by atoms with Gasteiger partial charge < -0.3 is 4.74 Å². The number of H-pyrrole nitrogens is 1. The summed E-state index contributed by atoms with van der Waals surface area (Å²) >= 11 is 3.40. The molecule has 0 spiro atoms. The predicted octanol–water partition coefficient (Wildman–Crippen LogP) is 5.16. The number of halogens is 1. The number of benzene rings is 3. The van der Waals surface area contributed by atoms with E-state index in [9.17, 15) is 4.79 Å². The van der Waals surface area contributed by atoms with E-state index in [-0.39, 0.29) is 5.91 Å². The number of nitrogens with one attached hydrogen (secondary N) is 2. The van der Waals surface area contributed by atoms with Crippen molar-refractivity contribution in [3.05, 3.63) is 82.5 Å². The molecular weight excluding hydrogens is 444 g/mol. The van der Waals surface area contributed by atoms with Gasteiger partial charge in [-0.3, -0.25) is 9.89 Å². The Hall–Kier alpha value is -3.45. The van der Waals surface area contributed by atoms with E-state index in [0.717, 1.165) is 32.1 Å². The molecule has 0 unspecified atom stereocenters. The summed E-state index contributed by atoms with van der Waals surface area (Å²) in [6.45, 7) is 1.84. The Bertz CT molecular complexity index is 1250. The van der Waals surface area contributed by atoms with Crippen LogP contribution in [0.2, 0.25) is 0 Å².